The van der Waals surface area contributed by atoms with E-state index in [1.807, 2.05) is 17.9 Å². The van der Waals surface area contributed by atoms with Gasteiger partial charge >= 0.3 is 0 Å². The van der Waals surface area contributed by atoms with Gasteiger partial charge in [0.05, 0.1) is 12.8 Å². The SMILES string of the molecule is C[C@H](CC(=O)NCc1ccco1)CC(=O)N1CCCCCC1. The Bertz CT molecular complexity index is 462. The lowest BCUT2D eigenvalue weighted by molar-refractivity contribution is -0.132. The Hall–Kier alpha value is -1.78. The largest absolute Gasteiger partial charge is 0.467 e. The molecule has 0 spiro atoms. The number of hydrogen-bond donors (Lipinski definition) is 1. The average Bonchev–Trinajstić information content (AvgIpc) is 2.85. The molecule has 0 aromatic carbocycles. The van der Waals surface area contributed by atoms with Gasteiger partial charge in [-0.1, -0.05) is 19.8 Å². The summed E-state index contributed by atoms with van der Waals surface area (Å²) in [4.78, 5) is 26.1. The van der Waals surface area contributed by atoms with Crippen LogP contribution in [0.25, 0.3) is 0 Å². The van der Waals surface area contributed by atoms with Crippen molar-refractivity contribution in [2.45, 2.75) is 52.0 Å². The molecule has 0 unspecified atom stereocenters. The van der Waals surface area contributed by atoms with Crippen molar-refractivity contribution in [3.8, 4) is 0 Å². The van der Waals surface area contributed by atoms with Gasteiger partial charge in [0.2, 0.25) is 11.8 Å². The van der Waals surface area contributed by atoms with Crippen LogP contribution in [0.5, 0.6) is 0 Å². The van der Waals surface area contributed by atoms with Crippen LogP contribution in [-0.2, 0) is 16.1 Å². The van der Waals surface area contributed by atoms with E-state index in [9.17, 15) is 9.59 Å². The molecule has 0 radical (unpaired) electrons. The Labute approximate surface area is 132 Å². The van der Waals surface area contributed by atoms with Gasteiger partial charge in [0.25, 0.3) is 0 Å². The molecule has 1 fully saturated rings. The van der Waals surface area contributed by atoms with E-state index >= 15 is 0 Å². The van der Waals surface area contributed by atoms with Gasteiger partial charge in [-0.05, 0) is 30.9 Å². The fourth-order valence-electron chi connectivity index (χ4n) is 2.81. The molecule has 1 atom stereocenters. The molecule has 1 aromatic heterocycles. The normalized spacial score (nSPS) is 16.9. The second-order valence-electron chi connectivity index (χ2n) is 6.16. The number of rotatable bonds is 6. The van der Waals surface area contributed by atoms with Crippen molar-refractivity contribution in [3.63, 3.8) is 0 Å². The summed E-state index contributed by atoms with van der Waals surface area (Å²) in [6, 6.07) is 3.62. The van der Waals surface area contributed by atoms with Crippen LogP contribution in [0.15, 0.2) is 22.8 Å². The van der Waals surface area contributed by atoms with E-state index in [-0.39, 0.29) is 17.7 Å². The van der Waals surface area contributed by atoms with Crippen molar-refractivity contribution in [2.75, 3.05) is 13.1 Å². The predicted octanol–water partition coefficient (Wildman–Crippen LogP) is 2.71. The minimum Gasteiger partial charge on any atom is -0.467 e. The number of carbonyl (C=O) groups is 2. The van der Waals surface area contributed by atoms with Gasteiger partial charge in [0.1, 0.15) is 5.76 Å². The van der Waals surface area contributed by atoms with Gasteiger partial charge in [-0.3, -0.25) is 9.59 Å². The van der Waals surface area contributed by atoms with Gasteiger partial charge in [0.15, 0.2) is 0 Å². The summed E-state index contributed by atoms with van der Waals surface area (Å²) in [5, 5.41) is 2.82. The van der Waals surface area contributed by atoms with Crippen LogP contribution in [0, 0.1) is 5.92 Å². The molecule has 2 rings (SSSR count). The van der Waals surface area contributed by atoms with E-state index in [4.69, 9.17) is 4.42 Å². The van der Waals surface area contributed by atoms with Crippen LogP contribution in [0.3, 0.4) is 0 Å². The van der Waals surface area contributed by atoms with Crippen LogP contribution in [0.2, 0.25) is 0 Å². The second kappa shape index (κ2) is 8.61. The molecule has 0 aliphatic carbocycles. The topological polar surface area (TPSA) is 62.6 Å². The van der Waals surface area contributed by atoms with Gasteiger partial charge in [0, 0.05) is 25.9 Å². The molecule has 22 heavy (non-hydrogen) atoms. The van der Waals surface area contributed by atoms with Crippen molar-refractivity contribution < 1.29 is 14.0 Å². The highest BCUT2D eigenvalue weighted by Crippen LogP contribution is 2.15. The first-order valence-electron chi connectivity index (χ1n) is 8.22. The molecule has 5 nitrogen and oxygen atoms in total. The van der Waals surface area contributed by atoms with E-state index in [1.54, 1.807) is 12.3 Å². The van der Waals surface area contributed by atoms with Gasteiger partial charge in [-0.25, -0.2) is 0 Å². The summed E-state index contributed by atoms with van der Waals surface area (Å²) in [6.07, 6.45) is 7.05. The average molecular weight is 306 g/mol. The maximum absolute atomic E-state index is 12.3. The smallest absolute Gasteiger partial charge is 0.222 e. The van der Waals surface area contributed by atoms with Gasteiger partial charge < -0.3 is 14.6 Å². The fraction of sp³-hybridized carbons (Fsp3) is 0.647. The summed E-state index contributed by atoms with van der Waals surface area (Å²) < 4.78 is 5.17. The molecular formula is C17H26N2O3. The number of amides is 2. The van der Waals surface area contributed by atoms with Crippen LogP contribution >= 0.6 is 0 Å². The third-order valence-corrected chi connectivity index (χ3v) is 4.06. The van der Waals surface area contributed by atoms with E-state index in [0.717, 1.165) is 31.7 Å². The lowest BCUT2D eigenvalue weighted by Gasteiger charge is -2.22. The highest BCUT2D eigenvalue weighted by Gasteiger charge is 2.19. The standard InChI is InChI=1S/C17H26N2O3/c1-14(11-16(20)18-13-15-7-6-10-22-15)12-17(21)19-8-4-2-3-5-9-19/h6-7,10,14H,2-5,8-9,11-13H2,1H3,(H,18,20)/t14-/m1/s1. The van der Waals surface area contributed by atoms with Crippen LogP contribution in [0.4, 0.5) is 0 Å². The van der Waals surface area contributed by atoms with Crippen molar-refractivity contribution in [3.05, 3.63) is 24.2 Å². The zero-order chi connectivity index (χ0) is 15.8. The molecule has 2 heterocycles. The van der Waals surface area contributed by atoms with Gasteiger partial charge in [-0.2, -0.15) is 0 Å². The first-order chi connectivity index (χ1) is 10.6. The minimum absolute atomic E-state index is 0.0347. The molecule has 0 saturated carbocycles. The first kappa shape index (κ1) is 16.6. The van der Waals surface area contributed by atoms with Crippen molar-refractivity contribution >= 4 is 11.8 Å². The third kappa shape index (κ3) is 5.54. The molecule has 0 bridgehead atoms. The number of likely N-dealkylation sites (tertiary alicyclic amines) is 1. The predicted molar refractivity (Wildman–Crippen MR) is 84.0 cm³/mol. The second-order valence-corrected chi connectivity index (χ2v) is 6.16. The Morgan fingerprint density at radius 3 is 2.59 bits per heavy atom. The summed E-state index contributed by atoms with van der Waals surface area (Å²) in [7, 11) is 0. The molecule has 1 aliphatic heterocycles. The highest BCUT2D eigenvalue weighted by molar-refractivity contribution is 5.79. The molecule has 1 N–H and O–H groups in total. The molecule has 5 heteroatoms. The van der Waals surface area contributed by atoms with Crippen molar-refractivity contribution in [1.29, 1.82) is 0 Å². The number of nitrogens with zero attached hydrogens (tertiary/aromatic N) is 1. The van der Waals surface area contributed by atoms with Crippen molar-refractivity contribution in [1.82, 2.24) is 10.2 Å². The van der Waals surface area contributed by atoms with Crippen molar-refractivity contribution in [2.24, 2.45) is 5.92 Å². The fourth-order valence-corrected chi connectivity index (χ4v) is 2.81. The molecule has 2 amide bonds. The van der Waals surface area contributed by atoms with E-state index < -0.39 is 0 Å². The molecule has 1 aliphatic rings. The van der Waals surface area contributed by atoms with E-state index in [0.29, 0.717) is 19.4 Å². The Morgan fingerprint density at radius 1 is 1.23 bits per heavy atom. The highest BCUT2D eigenvalue weighted by atomic mass is 16.3. The summed E-state index contributed by atoms with van der Waals surface area (Å²) in [6.45, 7) is 4.10. The van der Waals surface area contributed by atoms with Gasteiger partial charge in [-0.15, -0.1) is 0 Å². The Morgan fingerprint density at radius 2 is 1.95 bits per heavy atom. The van der Waals surface area contributed by atoms with E-state index in [1.165, 1.54) is 12.8 Å². The Balaban J connectivity index is 1.68. The Kier molecular flexibility index (Phi) is 6.49. The lowest BCUT2D eigenvalue weighted by atomic mass is 10.0. The summed E-state index contributed by atoms with van der Waals surface area (Å²) in [5.74, 6) is 0.954. The lowest BCUT2D eigenvalue weighted by Crippen LogP contribution is -2.33. The number of furan rings is 1. The molecule has 122 valence electrons. The zero-order valence-corrected chi connectivity index (χ0v) is 13.3. The quantitative estimate of drug-likeness (QED) is 0.879. The minimum atomic E-state index is -0.0347. The van der Waals surface area contributed by atoms with E-state index in [2.05, 4.69) is 5.32 Å². The summed E-state index contributed by atoms with van der Waals surface area (Å²) >= 11 is 0. The monoisotopic (exact) mass is 306 g/mol. The maximum atomic E-state index is 12.3. The first-order valence-corrected chi connectivity index (χ1v) is 8.22. The maximum Gasteiger partial charge on any atom is 0.222 e. The summed E-state index contributed by atoms with van der Waals surface area (Å²) in [5.41, 5.74) is 0. The number of nitrogens with one attached hydrogen (secondary N) is 1. The molecule has 1 aromatic rings. The third-order valence-electron chi connectivity index (χ3n) is 4.06. The molecule has 1 saturated heterocycles. The molecular weight excluding hydrogens is 280 g/mol. The van der Waals surface area contributed by atoms with Crippen LogP contribution in [-0.4, -0.2) is 29.8 Å². The number of hydrogen-bond acceptors (Lipinski definition) is 3. The van der Waals surface area contributed by atoms with Crippen LogP contribution in [0.1, 0.15) is 51.2 Å². The zero-order valence-electron chi connectivity index (χ0n) is 13.3. The number of carbonyl (C=O) groups excluding carboxylic acids is 2. The van der Waals surface area contributed by atoms with Crippen LogP contribution < -0.4 is 5.32 Å².